The van der Waals surface area contributed by atoms with Gasteiger partial charge in [-0.1, -0.05) is 17.3 Å². The summed E-state index contributed by atoms with van der Waals surface area (Å²) in [7, 11) is 0. The second-order valence-corrected chi connectivity index (χ2v) is 5.88. The summed E-state index contributed by atoms with van der Waals surface area (Å²) in [5, 5.41) is 8.90. The summed E-state index contributed by atoms with van der Waals surface area (Å²) in [6, 6.07) is 9.27. The van der Waals surface area contributed by atoms with Crippen molar-refractivity contribution in [2.24, 2.45) is 0 Å². The molecule has 3 rings (SSSR count). The number of carbonyl (C=O) groups is 1. The molecule has 30 heavy (non-hydrogen) atoms. The van der Waals surface area contributed by atoms with Gasteiger partial charge in [0.1, 0.15) is 11.6 Å². The Labute approximate surface area is 165 Å². The van der Waals surface area contributed by atoms with Crippen LogP contribution in [0.15, 0.2) is 48.5 Å². The molecule has 0 fully saturated rings. The van der Waals surface area contributed by atoms with Gasteiger partial charge in [-0.3, -0.25) is 4.79 Å². The molecule has 0 aliphatic rings. The summed E-state index contributed by atoms with van der Waals surface area (Å²) in [5.74, 6) is -2.02. The molecule has 158 valence electrons. The van der Waals surface area contributed by atoms with Crippen LogP contribution in [0.1, 0.15) is 21.7 Å². The zero-order valence-electron chi connectivity index (χ0n) is 14.8. The van der Waals surface area contributed by atoms with Gasteiger partial charge in [-0.05, 0) is 42.0 Å². The smallest absolute Gasteiger partial charge is 0.435 e. The first kappa shape index (κ1) is 21.1. The minimum atomic E-state index is -4.99. The van der Waals surface area contributed by atoms with Crippen molar-refractivity contribution in [2.45, 2.75) is 19.3 Å². The minimum Gasteiger partial charge on any atom is -0.435 e. The molecule has 0 spiro atoms. The van der Waals surface area contributed by atoms with Gasteiger partial charge in [-0.2, -0.15) is 22.0 Å². The van der Waals surface area contributed by atoms with E-state index in [1.54, 1.807) is 0 Å². The normalized spacial score (nSPS) is 11.6. The molecule has 1 heterocycles. The maximum absolute atomic E-state index is 13.6. The van der Waals surface area contributed by atoms with Gasteiger partial charge in [0.05, 0.1) is 5.69 Å². The van der Waals surface area contributed by atoms with Crippen LogP contribution in [0, 0.1) is 5.82 Å². The van der Waals surface area contributed by atoms with Crippen molar-refractivity contribution in [3.05, 3.63) is 71.3 Å². The molecular formula is C18H12F6N4O2. The van der Waals surface area contributed by atoms with Crippen LogP contribution >= 0.6 is 0 Å². The zero-order chi connectivity index (χ0) is 21.9. The molecular weight excluding hydrogens is 418 g/mol. The average Bonchev–Trinajstić information content (AvgIpc) is 3.12. The van der Waals surface area contributed by atoms with Gasteiger partial charge in [0, 0.05) is 6.54 Å². The molecule has 12 heteroatoms. The van der Waals surface area contributed by atoms with Gasteiger partial charge < -0.3 is 10.1 Å². The molecule has 2 aromatic carbocycles. The number of hydrogen-bond acceptors (Lipinski definition) is 4. The first-order valence-electron chi connectivity index (χ1n) is 8.26. The monoisotopic (exact) mass is 430 g/mol. The van der Waals surface area contributed by atoms with Crippen LogP contribution in [0.25, 0.3) is 5.69 Å². The second kappa shape index (κ2) is 8.43. The SMILES string of the molecule is O=C(NCc1cccc(OC(F)F)c1)c1nnn(-c2ccc(F)cc2)c1C(F)(F)F. The largest absolute Gasteiger partial charge is 0.435 e. The third kappa shape index (κ3) is 4.88. The Kier molecular flexibility index (Phi) is 5.94. The van der Waals surface area contributed by atoms with Crippen LogP contribution < -0.4 is 10.1 Å². The van der Waals surface area contributed by atoms with Gasteiger partial charge >= 0.3 is 12.8 Å². The van der Waals surface area contributed by atoms with E-state index in [2.05, 4.69) is 20.4 Å². The summed E-state index contributed by atoms with van der Waals surface area (Å²) >= 11 is 0. The molecule has 1 aromatic heterocycles. The van der Waals surface area contributed by atoms with Crippen molar-refractivity contribution in [1.29, 1.82) is 0 Å². The van der Waals surface area contributed by atoms with Gasteiger partial charge in [-0.15, -0.1) is 5.10 Å². The second-order valence-electron chi connectivity index (χ2n) is 5.88. The van der Waals surface area contributed by atoms with Gasteiger partial charge in [-0.25, -0.2) is 9.07 Å². The van der Waals surface area contributed by atoms with E-state index in [1.807, 2.05) is 0 Å². The Hall–Kier alpha value is -3.57. The quantitative estimate of drug-likeness (QED) is 0.602. The van der Waals surface area contributed by atoms with E-state index in [-0.39, 0.29) is 18.0 Å². The topological polar surface area (TPSA) is 69.0 Å². The van der Waals surface area contributed by atoms with E-state index in [9.17, 15) is 31.1 Å². The molecule has 0 aliphatic heterocycles. The first-order chi connectivity index (χ1) is 14.1. The van der Waals surface area contributed by atoms with Crippen molar-refractivity contribution in [2.75, 3.05) is 0 Å². The zero-order valence-corrected chi connectivity index (χ0v) is 14.8. The summed E-state index contributed by atoms with van der Waals surface area (Å²) in [5.41, 5.74) is -2.28. The van der Waals surface area contributed by atoms with Gasteiger partial charge in [0.15, 0.2) is 11.4 Å². The summed E-state index contributed by atoms with van der Waals surface area (Å²) < 4.78 is 82.9. The lowest BCUT2D eigenvalue weighted by Gasteiger charge is -2.11. The lowest BCUT2D eigenvalue weighted by Crippen LogP contribution is -2.27. The molecule has 0 atom stereocenters. The van der Waals surface area contributed by atoms with Crippen molar-refractivity contribution in [1.82, 2.24) is 20.3 Å². The van der Waals surface area contributed by atoms with Crippen molar-refractivity contribution in [3.8, 4) is 11.4 Å². The van der Waals surface area contributed by atoms with Crippen molar-refractivity contribution < 1.29 is 35.9 Å². The number of aromatic nitrogens is 3. The molecule has 1 N–H and O–H groups in total. The summed E-state index contributed by atoms with van der Waals surface area (Å²) in [6.45, 7) is -3.33. The number of alkyl halides is 5. The Morgan fingerprint density at radius 1 is 1.13 bits per heavy atom. The first-order valence-corrected chi connectivity index (χ1v) is 8.26. The lowest BCUT2D eigenvalue weighted by molar-refractivity contribution is -0.143. The number of rotatable bonds is 6. The summed E-state index contributed by atoms with van der Waals surface area (Å²) in [4.78, 5) is 12.3. The highest BCUT2D eigenvalue weighted by Gasteiger charge is 2.42. The number of nitrogens with one attached hydrogen (secondary N) is 1. The number of carbonyl (C=O) groups excluding carboxylic acids is 1. The van der Waals surface area contributed by atoms with Crippen LogP contribution in [0.5, 0.6) is 5.75 Å². The van der Waals surface area contributed by atoms with E-state index >= 15 is 0 Å². The molecule has 0 unspecified atom stereocenters. The number of ether oxygens (including phenoxy) is 1. The van der Waals surface area contributed by atoms with Crippen LogP contribution in [-0.2, 0) is 12.7 Å². The fourth-order valence-corrected chi connectivity index (χ4v) is 2.55. The highest BCUT2D eigenvalue weighted by molar-refractivity contribution is 5.93. The molecule has 0 saturated carbocycles. The molecule has 0 saturated heterocycles. The fraction of sp³-hybridized carbons (Fsp3) is 0.167. The molecule has 1 amide bonds. The van der Waals surface area contributed by atoms with E-state index in [4.69, 9.17) is 0 Å². The van der Waals surface area contributed by atoms with Gasteiger partial charge in [0.25, 0.3) is 5.91 Å². The Balaban J connectivity index is 1.83. The maximum atomic E-state index is 13.6. The molecule has 0 radical (unpaired) electrons. The average molecular weight is 430 g/mol. The number of hydrogen-bond donors (Lipinski definition) is 1. The number of amides is 1. The molecule has 3 aromatic rings. The lowest BCUT2D eigenvalue weighted by atomic mass is 10.2. The van der Waals surface area contributed by atoms with Crippen LogP contribution in [0.3, 0.4) is 0 Å². The number of benzene rings is 2. The highest BCUT2D eigenvalue weighted by atomic mass is 19.4. The van der Waals surface area contributed by atoms with Crippen molar-refractivity contribution >= 4 is 5.91 Å². The fourth-order valence-electron chi connectivity index (χ4n) is 2.55. The molecule has 0 aliphatic carbocycles. The van der Waals surface area contributed by atoms with E-state index in [1.165, 1.54) is 24.3 Å². The van der Waals surface area contributed by atoms with Crippen LogP contribution in [0.4, 0.5) is 26.3 Å². The van der Waals surface area contributed by atoms with E-state index < -0.39 is 35.9 Å². The van der Waals surface area contributed by atoms with Crippen LogP contribution in [-0.4, -0.2) is 27.5 Å². The Morgan fingerprint density at radius 2 is 1.83 bits per heavy atom. The van der Waals surface area contributed by atoms with E-state index in [0.717, 1.165) is 24.3 Å². The highest BCUT2D eigenvalue weighted by Crippen LogP contribution is 2.32. The van der Waals surface area contributed by atoms with E-state index in [0.29, 0.717) is 10.2 Å². The predicted molar refractivity (Wildman–Crippen MR) is 90.6 cm³/mol. The third-order valence-electron chi connectivity index (χ3n) is 3.80. The third-order valence-corrected chi connectivity index (χ3v) is 3.80. The molecule has 0 bridgehead atoms. The predicted octanol–water partition coefficient (Wildman–Crippen LogP) is 3.96. The summed E-state index contributed by atoms with van der Waals surface area (Å²) in [6.07, 6.45) is -4.99. The number of nitrogens with zero attached hydrogens (tertiary/aromatic N) is 3. The maximum Gasteiger partial charge on any atom is 0.435 e. The minimum absolute atomic E-state index is 0.146. The number of halogens is 6. The molecule has 6 nitrogen and oxygen atoms in total. The Bertz CT molecular complexity index is 1030. The Morgan fingerprint density at radius 3 is 2.47 bits per heavy atom. The standard InChI is InChI=1S/C18H12F6N4O2/c19-11-4-6-12(7-5-11)28-15(18(22,23)24)14(26-27-28)16(29)25-9-10-2-1-3-13(8-10)30-17(20)21/h1-8,17H,9H2,(H,25,29). The van der Waals surface area contributed by atoms with Crippen molar-refractivity contribution in [3.63, 3.8) is 0 Å². The van der Waals surface area contributed by atoms with Crippen LogP contribution in [0.2, 0.25) is 0 Å². The van der Waals surface area contributed by atoms with Gasteiger partial charge in [0.2, 0.25) is 0 Å².